The van der Waals surface area contributed by atoms with Crippen molar-refractivity contribution in [1.29, 1.82) is 0 Å². The summed E-state index contributed by atoms with van der Waals surface area (Å²) in [4.78, 5) is 13.9. The van der Waals surface area contributed by atoms with Gasteiger partial charge in [0.1, 0.15) is 5.75 Å². The van der Waals surface area contributed by atoms with Crippen molar-refractivity contribution in [2.24, 2.45) is 5.92 Å². The molecule has 0 fully saturated rings. The van der Waals surface area contributed by atoms with Gasteiger partial charge in [-0.2, -0.15) is 0 Å². The van der Waals surface area contributed by atoms with Crippen LogP contribution in [-0.4, -0.2) is 42.7 Å². The zero-order valence-corrected chi connectivity index (χ0v) is 13.3. The number of hydrogen-bond donors (Lipinski definition) is 1. The molecule has 1 rings (SSSR count). The van der Waals surface area contributed by atoms with Crippen LogP contribution in [0, 0.1) is 5.92 Å². The number of carbonyl (C=O) groups is 1. The smallest absolute Gasteiger partial charge is 0.253 e. The van der Waals surface area contributed by atoms with Crippen LogP contribution >= 0.6 is 0 Å². The first-order valence-electron chi connectivity index (χ1n) is 7.63. The zero-order valence-electron chi connectivity index (χ0n) is 13.3. The van der Waals surface area contributed by atoms with Crippen LogP contribution in [0.4, 0.5) is 0 Å². The van der Waals surface area contributed by atoms with Crippen LogP contribution < -0.4 is 4.74 Å². The number of carbonyl (C=O) groups excluding carboxylic acids is 1. The third-order valence-corrected chi connectivity index (χ3v) is 3.18. The highest BCUT2D eigenvalue weighted by Crippen LogP contribution is 2.14. The molecule has 0 aromatic heterocycles. The molecule has 0 saturated heterocycles. The minimum Gasteiger partial charge on any atom is -0.493 e. The normalized spacial score (nSPS) is 10.7. The van der Waals surface area contributed by atoms with Gasteiger partial charge < -0.3 is 14.7 Å². The highest BCUT2D eigenvalue weighted by Gasteiger charge is 2.11. The maximum absolute atomic E-state index is 12.2. The van der Waals surface area contributed by atoms with Gasteiger partial charge in [0.15, 0.2) is 0 Å². The van der Waals surface area contributed by atoms with Crippen molar-refractivity contribution in [3.63, 3.8) is 0 Å². The molecule has 118 valence electrons. The molecule has 4 heteroatoms. The van der Waals surface area contributed by atoms with Crippen molar-refractivity contribution in [2.75, 3.05) is 26.8 Å². The number of aliphatic hydroxyl groups excluding tert-OH is 1. The van der Waals surface area contributed by atoms with Gasteiger partial charge in [-0.15, -0.1) is 0 Å². The van der Waals surface area contributed by atoms with E-state index in [0.29, 0.717) is 24.6 Å². The van der Waals surface area contributed by atoms with Gasteiger partial charge in [0.25, 0.3) is 5.91 Å². The Bertz CT molecular complexity index is 415. The third kappa shape index (κ3) is 6.63. The molecular weight excluding hydrogens is 266 g/mol. The van der Waals surface area contributed by atoms with E-state index in [4.69, 9.17) is 9.84 Å². The SMILES string of the molecule is CC(C)COc1ccc(C(=O)N(C)CCCCCO)cc1. The second kappa shape index (κ2) is 9.40. The van der Waals surface area contributed by atoms with Crippen LogP contribution in [0.15, 0.2) is 24.3 Å². The number of hydrogen-bond acceptors (Lipinski definition) is 3. The van der Waals surface area contributed by atoms with Gasteiger partial charge in [0.2, 0.25) is 0 Å². The highest BCUT2D eigenvalue weighted by atomic mass is 16.5. The number of rotatable bonds is 9. The van der Waals surface area contributed by atoms with E-state index in [-0.39, 0.29) is 12.5 Å². The summed E-state index contributed by atoms with van der Waals surface area (Å²) in [5.74, 6) is 1.30. The Labute approximate surface area is 127 Å². The predicted molar refractivity (Wildman–Crippen MR) is 84.7 cm³/mol. The average Bonchev–Trinajstić information content (AvgIpc) is 2.49. The Morgan fingerprint density at radius 2 is 1.86 bits per heavy atom. The van der Waals surface area contributed by atoms with E-state index >= 15 is 0 Å². The summed E-state index contributed by atoms with van der Waals surface area (Å²) in [6, 6.07) is 7.30. The molecule has 0 radical (unpaired) electrons. The summed E-state index contributed by atoms with van der Waals surface area (Å²) in [5.41, 5.74) is 0.677. The fourth-order valence-electron chi connectivity index (χ4n) is 1.92. The van der Waals surface area contributed by atoms with Crippen molar-refractivity contribution in [3.8, 4) is 5.75 Å². The Hall–Kier alpha value is -1.55. The van der Waals surface area contributed by atoms with Gasteiger partial charge in [-0.1, -0.05) is 13.8 Å². The zero-order chi connectivity index (χ0) is 15.7. The molecule has 0 aliphatic rings. The molecule has 0 aliphatic heterocycles. The van der Waals surface area contributed by atoms with E-state index in [0.717, 1.165) is 25.0 Å². The summed E-state index contributed by atoms with van der Waals surface area (Å²) in [7, 11) is 1.81. The standard InChI is InChI=1S/C17H27NO3/c1-14(2)13-21-16-9-7-15(8-10-16)17(20)18(3)11-5-4-6-12-19/h7-10,14,19H,4-6,11-13H2,1-3H3. The van der Waals surface area contributed by atoms with E-state index in [1.54, 1.807) is 4.90 Å². The van der Waals surface area contributed by atoms with Gasteiger partial charge >= 0.3 is 0 Å². The number of benzene rings is 1. The second-order valence-electron chi connectivity index (χ2n) is 5.74. The quantitative estimate of drug-likeness (QED) is 0.712. The molecule has 4 nitrogen and oxygen atoms in total. The van der Waals surface area contributed by atoms with E-state index in [9.17, 15) is 4.79 Å². The van der Waals surface area contributed by atoms with Gasteiger partial charge in [0, 0.05) is 25.8 Å². The first-order valence-corrected chi connectivity index (χ1v) is 7.63. The van der Waals surface area contributed by atoms with Gasteiger partial charge in [0.05, 0.1) is 6.61 Å². The third-order valence-electron chi connectivity index (χ3n) is 3.18. The predicted octanol–water partition coefficient (Wildman–Crippen LogP) is 2.96. The Kier molecular flexibility index (Phi) is 7.83. The summed E-state index contributed by atoms with van der Waals surface area (Å²) >= 11 is 0. The Morgan fingerprint density at radius 1 is 1.19 bits per heavy atom. The van der Waals surface area contributed by atoms with Gasteiger partial charge in [-0.05, 0) is 49.4 Å². The van der Waals surface area contributed by atoms with Crippen LogP contribution in [0.1, 0.15) is 43.5 Å². The largest absolute Gasteiger partial charge is 0.493 e. The molecule has 0 saturated carbocycles. The molecule has 0 bridgehead atoms. The van der Waals surface area contributed by atoms with E-state index in [1.165, 1.54) is 0 Å². The Morgan fingerprint density at radius 3 is 2.43 bits per heavy atom. The van der Waals surface area contributed by atoms with Crippen molar-refractivity contribution in [3.05, 3.63) is 29.8 Å². The van der Waals surface area contributed by atoms with Crippen molar-refractivity contribution >= 4 is 5.91 Å². The molecule has 21 heavy (non-hydrogen) atoms. The number of unbranched alkanes of at least 4 members (excludes halogenated alkanes) is 2. The number of aliphatic hydroxyl groups is 1. The molecule has 0 unspecified atom stereocenters. The molecule has 1 aromatic carbocycles. The molecule has 0 heterocycles. The maximum atomic E-state index is 12.2. The van der Waals surface area contributed by atoms with Crippen LogP contribution in [0.25, 0.3) is 0 Å². The van der Waals surface area contributed by atoms with E-state index in [2.05, 4.69) is 13.8 Å². The molecule has 0 spiro atoms. The minimum absolute atomic E-state index is 0.0226. The number of nitrogens with zero attached hydrogens (tertiary/aromatic N) is 1. The molecular formula is C17H27NO3. The van der Waals surface area contributed by atoms with Gasteiger partial charge in [-0.3, -0.25) is 4.79 Å². The lowest BCUT2D eigenvalue weighted by Gasteiger charge is -2.17. The molecule has 1 aromatic rings. The topological polar surface area (TPSA) is 49.8 Å². The summed E-state index contributed by atoms with van der Waals surface area (Å²) < 4.78 is 5.61. The second-order valence-corrected chi connectivity index (χ2v) is 5.74. The van der Waals surface area contributed by atoms with Crippen LogP contribution in [0.3, 0.4) is 0 Å². The number of amides is 1. The summed E-state index contributed by atoms with van der Waals surface area (Å²) in [5, 5.41) is 8.73. The van der Waals surface area contributed by atoms with Crippen LogP contribution in [0.5, 0.6) is 5.75 Å². The molecule has 0 atom stereocenters. The van der Waals surface area contributed by atoms with Gasteiger partial charge in [-0.25, -0.2) is 0 Å². The summed E-state index contributed by atoms with van der Waals surface area (Å²) in [6.07, 6.45) is 2.65. The fourth-order valence-corrected chi connectivity index (χ4v) is 1.92. The average molecular weight is 293 g/mol. The molecule has 0 aliphatic carbocycles. The molecule has 1 N–H and O–H groups in total. The molecule has 1 amide bonds. The lowest BCUT2D eigenvalue weighted by atomic mass is 10.1. The maximum Gasteiger partial charge on any atom is 0.253 e. The fraction of sp³-hybridized carbons (Fsp3) is 0.588. The van der Waals surface area contributed by atoms with E-state index < -0.39 is 0 Å². The Balaban J connectivity index is 2.46. The van der Waals surface area contributed by atoms with Crippen molar-refractivity contribution in [2.45, 2.75) is 33.1 Å². The van der Waals surface area contributed by atoms with Crippen molar-refractivity contribution in [1.82, 2.24) is 4.90 Å². The summed E-state index contributed by atoms with van der Waals surface area (Å²) in [6.45, 7) is 5.81. The lowest BCUT2D eigenvalue weighted by molar-refractivity contribution is 0.0792. The first-order chi connectivity index (χ1) is 10.0. The van der Waals surface area contributed by atoms with E-state index in [1.807, 2.05) is 31.3 Å². The minimum atomic E-state index is 0.0226. The first kappa shape index (κ1) is 17.5. The monoisotopic (exact) mass is 293 g/mol. The van der Waals surface area contributed by atoms with Crippen molar-refractivity contribution < 1.29 is 14.6 Å². The number of ether oxygens (including phenoxy) is 1. The highest BCUT2D eigenvalue weighted by molar-refractivity contribution is 5.94. The van der Waals surface area contributed by atoms with Crippen LogP contribution in [0.2, 0.25) is 0 Å². The lowest BCUT2D eigenvalue weighted by Crippen LogP contribution is -2.27. The van der Waals surface area contributed by atoms with Crippen LogP contribution in [-0.2, 0) is 0 Å².